The van der Waals surface area contributed by atoms with Crippen LogP contribution in [-0.2, 0) is 4.74 Å². The minimum atomic E-state index is -0.764. The molecule has 0 spiro atoms. The molecule has 3 rings (SSSR count). The fourth-order valence-electron chi connectivity index (χ4n) is 2.94. The number of methoxy groups -OCH3 is 1. The molecule has 2 heterocycles. The van der Waals surface area contributed by atoms with E-state index in [1.165, 1.54) is 9.58 Å². The number of H-pyrrole nitrogens is 1. The Bertz CT molecular complexity index is 933. The van der Waals surface area contributed by atoms with Crippen molar-refractivity contribution in [1.29, 1.82) is 0 Å². The maximum atomic E-state index is 13.0. The Balaban J connectivity index is 1.73. The fourth-order valence-corrected chi connectivity index (χ4v) is 2.94. The second-order valence-corrected chi connectivity index (χ2v) is 7.62. The number of amides is 2. The van der Waals surface area contributed by atoms with Crippen LogP contribution >= 0.6 is 0 Å². The molecule has 0 atom stereocenters. The first kappa shape index (κ1) is 20.4. The van der Waals surface area contributed by atoms with E-state index < -0.39 is 23.2 Å². The van der Waals surface area contributed by atoms with Gasteiger partial charge in [-0.25, -0.2) is 9.59 Å². The number of nitrogens with one attached hydrogen (secondary N) is 1. The first-order valence-corrected chi connectivity index (χ1v) is 9.25. The van der Waals surface area contributed by atoms with E-state index in [2.05, 4.69) is 5.27 Å². The molecule has 1 aliphatic heterocycles. The Morgan fingerprint density at radius 3 is 2.21 bits per heavy atom. The Morgan fingerprint density at radius 1 is 1.07 bits per heavy atom. The van der Waals surface area contributed by atoms with Crippen LogP contribution in [0.2, 0.25) is 0 Å². The molecule has 0 saturated carbocycles. The molecule has 2 amide bonds. The second-order valence-electron chi connectivity index (χ2n) is 7.62. The van der Waals surface area contributed by atoms with Crippen LogP contribution in [0.4, 0.5) is 4.79 Å². The summed E-state index contributed by atoms with van der Waals surface area (Å²) in [6.07, 6.45) is -0.418. The second kappa shape index (κ2) is 7.98. The van der Waals surface area contributed by atoms with Crippen LogP contribution in [0.3, 0.4) is 0 Å². The molecular formula is C19H25N4O6+. The Labute approximate surface area is 167 Å². The molecule has 1 aromatic heterocycles. The highest BCUT2D eigenvalue weighted by molar-refractivity contribution is 5.90. The topological polar surface area (TPSA) is 109 Å². The quantitative estimate of drug-likeness (QED) is 0.762. The van der Waals surface area contributed by atoms with E-state index >= 15 is 0 Å². The zero-order valence-electron chi connectivity index (χ0n) is 16.9. The van der Waals surface area contributed by atoms with Crippen LogP contribution in [-0.4, -0.2) is 66.0 Å². The molecule has 1 fully saturated rings. The molecule has 156 valence electrons. The summed E-state index contributed by atoms with van der Waals surface area (Å²) in [5.41, 5.74) is -0.938. The number of carbonyl (C=O) groups is 2. The van der Waals surface area contributed by atoms with Gasteiger partial charge in [0, 0.05) is 38.3 Å². The number of ether oxygens (including phenoxy) is 2. The lowest BCUT2D eigenvalue weighted by Crippen LogP contribution is -2.54. The van der Waals surface area contributed by atoms with E-state index in [4.69, 9.17) is 14.0 Å². The lowest BCUT2D eigenvalue weighted by atomic mass is 10.2. The summed E-state index contributed by atoms with van der Waals surface area (Å²) in [7, 11) is 1.55. The van der Waals surface area contributed by atoms with Gasteiger partial charge in [-0.15, -0.1) is 0 Å². The number of hydrogen-bond acceptors (Lipinski definition) is 6. The van der Waals surface area contributed by atoms with Gasteiger partial charge < -0.3 is 19.3 Å². The maximum absolute atomic E-state index is 13.0. The highest BCUT2D eigenvalue weighted by Gasteiger charge is 2.36. The van der Waals surface area contributed by atoms with Gasteiger partial charge in [-0.2, -0.15) is 0 Å². The van der Waals surface area contributed by atoms with Crippen molar-refractivity contribution in [2.24, 2.45) is 0 Å². The van der Waals surface area contributed by atoms with Crippen LogP contribution in [0.1, 0.15) is 31.3 Å². The zero-order chi connectivity index (χ0) is 21.2. The van der Waals surface area contributed by atoms with Gasteiger partial charge in [-0.05, 0) is 42.9 Å². The predicted octanol–water partition coefficient (Wildman–Crippen LogP) is 0.946. The van der Waals surface area contributed by atoms with Gasteiger partial charge in [0.15, 0.2) is 0 Å². The molecule has 0 unspecified atom stereocenters. The van der Waals surface area contributed by atoms with Crippen LogP contribution in [0.25, 0.3) is 5.69 Å². The van der Waals surface area contributed by atoms with Crippen LogP contribution in [0, 0.1) is 0 Å². The van der Waals surface area contributed by atoms with Crippen molar-refractivity contribution < 1.29 is 28.3 Å². The van der Waals surface area contributed by atoms with Crippen molar-refractivity contribution >= 4 is 12.0 Å². The van der Waals surface area contributed by atoms with Crippen molar-refractivity contribution in [3.05, 3.63) is 40.4 Å². The molecule has 0 bridgehead atoms. The smallest absolute Gasteiger partial charge is 0.441 e. The first-order chi connectivity index (χ1) is 13.7. The Kier molecular flexibility index (Phi) is 5.62. The maximum Gasteiger partial charge on any atom is 0.441 e. The Hall–Kier alpha value is -3.30. The lowest BCUT2D eigenvalue weighted by molar-refractivity contribution is -0.672. The van der Waals surface area contributed by atoms with Gasteiger partial charge in [0.05, 0.1) is 7.11 Å². The molecule has 2 aromatic rings. The summed E-state index contributed by atoms with van der Waals surface area (Å²) >= 11 is 0. The SMILES string of the molecule is COc1ccc(-[n+]2[nH]oc(=O)c2C(=O)N2CCN(C(=O)OC(C)(C)C)CC2)cc1. The van der Waals surface area contributed by atoms with Crippen molar-refractivity contribution in [2.45, 2.75) is 26.4 Å². The van der Waals surface area contributed by atoms with Gasteiger partial charge in [0.2, 0.25) is 5.69 Å². The number of aromatic amines is 1. The zero-order valence-corrected chi connectivity index (χ0v) is 16.9. The van der Waals surface area contributed by atoms with Gasteiger partial charge in [-0.3, -0.25) is 9.32 Å². The standard InChI is InChI=1S/C19H24N4O6/c1-19(2,3)28-18(26)22-11-9-21(10-12-22)16(24)15-17(25)29-20-23(15)13-5-7-14(27-4)8-6-13/h5-8H,9-12H2,1-4H3/p+1. The molecular weight excluding hydrogens is 380 g/mol. The van der Waals surface area contributed by atoms with E-state index in [1.807, 2.05) is 0 Å². The first-order valence-electron chi connectivity index (χ1n) is 9.25. The number of nitrogens with zero attached hydrogens (tertiary/aromatic N) is 3. The summed E-state index contributed by atoms with van der Waals surface area (Å²) in [4.78, 5) is 40.4. The number of hydrogen-bond donors (Lipinski definition) is 1. The third-order valence-electron chi connectivity index (χ3n) is 4.40. The third-order valence-corrected chi connectivity index (χ3v) is 4.40. The largest absolute Gasteiger partial charge is 0.497 e. The third kappa shape index (κ3) is 4.58. The highest BCUT2D eigenvalue weighted by atomic mass is 16.6. The lowest BCUT2D eigenvalue weighted by Gasteiger charge is -2.34. The minimum Gasteiger partial charge on any atom is -0.497 e. The van der Waals surface area contributed by atoms with Gasteiger partial charge >= 0.3 is 23.3 Å². The van der Waals surface area contributed by atoms with Crippen LogP contribution in [0.5, 0.6) is 5.75 Å². The van der Waals surface area contributed by atoms with Gasteiger partial charge in [0.1, 0.15) is 11.4 Å². The molecule has 10 heteroatoms. The molecule has 1 aliphatic rings. The minimum absolute atomic E-state index is 0.138. The van der Waals surface area contributed by atoms with E-state index in [0.29, 0.717) is 24.5 Å². The number of aromatic nitrogens is 2. The van der Waals surface area contributed by atoms with E-state index in [0.717, 1.165) is 0 Å². The molecule has 1 N–H and O–H groups in total. The van der Waals surface area contributed by atoms with E-state index in [9.17, 15) is 14.4 Å². The fraction of sp³-hybridized carbons (Fsp3) is 0.474. The number of piperazine rings is 1. The summed E-state index contributed by atoms with van der Waals surface area (Å²) < 4.78 is 16.6. The van der Waals surface area contributed by atoms with Gasteiger partial charge in [0.25, 0.3) is 0 Å². The molecule has 10 nitrogen and oxygen atoms in total. The molecule has 29 heavy (non-hydrogen) atoms. The van der Waals surface area contributed by atoms with Gasteiger partial charge in [-0.1, -0.05) is 0 Å². The Morgan fingerprint density at radius 2 is 1.66 bits per heavy atom. The number of benzene rings is 1. The van der Waals surface area contributed by atoms with E-state index in [1.54, 1.807) is 57.0 Å². The van der Waals surface area contributed by atoms with Crippen molar-refractivity contribution in [1.82, 2.24) is 15.1 Å². The average molecular weight is 405 g/mol. The highest BCUT2D eigenvalue weighted by Crippen LogP contribution is 2.14. The van der Waals surface area contributed by atoms with Crippen molar-refractivity contribution in [3.63, 3.8) is 0 Å². The molecule has 1 aromatic carbocycles. The average Bonchev–Trinajstić information content (AvgIpc) is 3.07. The predicted molar refractivity (Wildman–Crippen MR) is 101 cm³/mol. The summed E-state index contributed by atoms with van der Waals surface area (Å²) in [5, 5.41) is 2.46. The molecule has 0 aliphatic carbocycles. The molecule has 1 saturated heterocycles. The van der Waals surface area contributed by atoms with Crippen LogP contribution < -0.4 is 15.0 Å². The summed E-state index contributed by atoms with van der Waals surface area (Å²) in [6, 6.07) is 6.81. The summed E-state index contributed by atoms with van der Waals surface area (Å²) in [5.74, 6) is 0.172. The number of carbonyl (C=O) groups excluding carboxylic acids is 2. The molecule has 0 radical (unpaired) electrons. The number of rotatable bonds is 3. The van der Waals surface area contributed by atoms with E-state index in [-0.39, 0.29) is 18.8 Å². The normalized spacial score (nSPS) is 14.6. The summed E-state index contributed by atoms with van der Waals surface area (Å²) in [6.45, 7) is 6.60. The van der Waals surface area contributed by atoms with Crippen molar-refractivity contribution in [2.75, 3.05) is 33.3 Å². The van der Waals surface area contributed by atoms with Crippen LogP contribution in [0.15, 0.2) is 33.6 Å². The monoisotopic (exact) mass is 405 g/mol. The van der Waals surface area contributed by atoms with Crippen molar-refractivity contribution in [3.8, 4) is 11.4 Å².